The van der Waals surface area contributed by atoms with Gasteiger partial charge in [-0.1, -0.05) is 18.2 Å². The SMILES string of the molecule is COc1c(F)c(F)c(C(=O)Nc2ccc(NC(=O)c3ccccc3)cc2)c(F)c1F. The molecule has 0 aromatic heterocycles. The minimum Gasteiger partial charge on any atom is -0.491 e. The number of halogens is 4. The van der Waals surface area contributed by atoms with E-state index in [1.165, 1.54) is 24.3 Å². The minimum absolute atomic E-state index is 0.0770. The van der Waals surface area contributed by atoms with E-state index in [0.717, 1.165) is 7.11 Å². The molecule has 0 atom stereocenters. The van der Waals surface area contributed by atoms with E-state index >= 15 is 0 Å². The first-order valence-corrected chi connectivity index (χ1v) is 8.51. The number of carbonyl (C=O) groups is 2. The summed E-state index contributed by atoms with van der Waals surface area (Å²) in [5, 5.41) is 4.77. The van der Waals surface area contributed by atoms with Gasteiger partial charge in [0.15, 0.2) is 17.4 Å². The summed E-state index contributed by atoms with van der Waals surface area (Å²) >= 11 is 0. The number of nitrogens with one attached hydrogen (secondary N) is 2. The second-order valence-corrected chi connectivity index (χ2v) is 6.02. The summed E-state index contributed by atoms with van der Waals surface area (Å²) in [7, 11) is 0.832. The van der Waals surface area contributed by atoms with E-state index in [4.69, 9.17) is 0 Å². The lowest BCUT2D eigenvalue weighted by atomic mass is 10.1. The van der Waals surface area contributed by atoms with Gasteiger partial charge in [0.05, 0.1) is 7.11 Å². The topological polar surface area (TPSA) is 67.4 Å². The summed E-state index contributed by atoms with van der Waals surface area (Å²) in [6, 6.07) is 14.0. The number of benzene rings is 3. The normalized spacial score (nSPS) is 10.4. The van der Waals surface area contributed by atoms with Crippen LogP contribution in [0.15, 0.2) is 54.6 Å². The van der Waals surface area contributed by atoms with Crippen molar-refractivity contribution in [1.82, 2.24) is 0 Å². The molecule has 5 nitrogen and oxygen atoms in total. The van der Waals surface area contributed by atoms with Gasteiger partial charge < -0.3 is 15.4 Å². The molecule has 0 aliphatic rings. The Morgan fingerprint density at radius 1 is 0.700 bits per heavy atom. The highest BCUT2D eigenvalue weighted by Crippen LogP contribution is 2.30. The molecule has 0 heterocycles. The summed E-state index contributed by atoms with van der Waals surface area (Å²) in [4.78, 5) is 24.3. The first-order valence-electron chi connectivity index (χ1n) is 8.51. The van der Waals surface area contributed by atoms with Crippen LogP contribution in [0.1, 0.15) is 20.7 Å². The van der Waals surface area contributed by atoms with Gasteiger partial charge in [0.1, 0.15) is 5.56 Å². The fourth-order valence-corrected chi connectivity index (χ4v) is 2.61. The molecule has 0 spiro atoms. The molecule has 0 aliphatic carbocycles. The summed E-state index contributed by atoms with van der Waals surface area (Å²) < 4.78 is 59.9. The zero-order valence-electron chi connectivity index (χ0n) is 15.4. The second kappa shape index (κ2) is 8.64. The number of rotatable bonds is 5. The Kier molecular flexibility index (Phi) is 6.01. The van der Waals surface area contributed by atoms with Gasteiger partial charge in [-0.25, -0.2) is 8.78 Å². The van der Waals surface area contributed by atoms with Crippen LogP contribution in [0.25, 0.3) is 0 Å². The Hall–Kier alpha value is -3.88. The van der Waals surface area contributed by atoms with Gasteiger partial charge in [0.2, 0.25) is 11.6 Å². The van der Waals surface area contributed by atoms with Gasteiger partial charge >= 0.3 is 0 Å². The highest BCUT2D eigenvalue weighted by Gasteiger charge is 2.30. The maximum Gasteiger partial charge on any atom is 0.261 e. The average Bonchev–Trinajstić information content (AvgIpc) is 2.75. The third-order valence-electron chi connectivity index (χ3n) is 4.09. The second-order valence-electron chi connectivity index (χ2n) is 6.02. The largest absolute Gasteiger partial charge is 0.491 e. The highest BCUT2D eigenvalue weighted by molar-refractivity contribution is 6.06. The molecule has 3 aromatic rings. The van der Waals surface area contributed by atoms with Crippen molar-refractivity contribution in [3.8, 4) is 5.75 Å². The van der Waals surface area contributed by atoms with Gasteiger partial charge in [-0.05, 0) is 36.4 Å². The van der Waals surface area contributed by atoms with E-state index in [1.807, 2.05) is 0 Å². The van der Waals surface area contributed by atoms with E-state index in [2.05, 4.69) is 15.4 Å². The molecule has 3 aromatic carbocycles. The number of hydrogen-bond acceptors (Lipinski definition) is 3. The van der Waals surface area contributed by atoms with Gasteiger partial charge in [0, 0.05) is 16.9 Å². The van der Waals surface area contributed by atoms with E-state index in [0.29, 0.717) is 11.3 Å². The van der Waals surface area contributed by atoms with Gasteiger partial charge in [-0.2, -0.15) is 8.78 Å². The van der Waals surface area contributed by atoms with E-state index in [1.54, 1.807) is 30.3 Å². The van der Waals surface area contributed by atoms with Crippen LogP contribution in [0.4, 0.5) is 28.9 Å². The molecule has 0 radical (unpaired) electrons. The Morgan fingerprint density at radius 3 is 1.63 bits per heavy atom. The molecular formula is C21H14F4N2O3. The lowest BCUT2D eigenvalue weighted by molar-refractivity contribution is 0.101. The predicted molar refractivity (Wildman–Crippen MR) is 102 cm³/mol. The van der Waals surface area contributed by atoms with Gasteiger partial charge in [0.25, 0.3) is 11.8 Å². The Morgan fingerprint density at radius 2 is 1.17 bits per heavy atom. The lowest BCUT2D eigenvalue weighted by Crippen LogP contribution is -2.19. The Balaban J connectivity index is 1.76. The molecule has 0 saturated carbocycles. The number of methoxy groups -OCH3 is 1. The van der Waals surface area contributed by atoms with Crippen molar-refractivity contribution in [3.63, 3.8) is 0 Å². The molecule has 154 valence electrons. The maximum absolute atomic E-state index is 14.0. The quantitative estimate of drug-likeness (QED) is 0.464. The van der Waals surface area contributed by atoms with Crippen LogP contribution in [0.3, 0.4) is 0 Å². The Labute approximate surface area is 168 Å². The van der Waals surface area contributed by atoms with Crippen LogP contribution in [0.2, 0.25) is 0 Å². The van der Waals surface area contributed by atoms with Crippen molar-refractivity contribution in [2.75, 3.05) is 17.7 Å². The molecule has 0 fully saturated rings. The smallest absolute Gasteiger partial charge is 0.261 e. The fraction of sp³-hybridized carbons (Fsp3) is 0.0476. The first-order chi connectivity index (χ1) is 14.3. The molecule has 2 amide bonds. The van der Waals surface area contributed by atoms with Crippen molar-refractivity contribution >= 4 is 23.2 Å². The molecule has 0 aliphatic heterocycles. The molecule has 2 N–H and O–H groups in total. The molecule has 0 bridgehead atoms. The number of hydrogen-bond donors (Lipinski definition) is 2. The lowest BCUT2D eigenvalue weighted by Gasteiger charge is -2.12. The number of anilines is 2. The average molecular weight is 418 g/mol. The van der Waals surface area contributed by atoms with Crippen molar-refractivity contribution in [3.05, 3.63) is 89.0 Å². The third-order valence-corrected chi connectivity index (χ3v) is 4.09. The van der Waals surface area contributed by atoms with Crippen LogP contribution < -0.4 is 15.4 Å². The van der Waals surface area contributed by atoms with Crippen molar-refractivity contribution in [2.45, 2.75) is 0 Å². The summed E-state index contributed by atoms with van der Waals surface area (Å²) in [6.45, 7) is 0. The highest BCUT2D eigenvalue weighted by atomic mass is 19.2. The zero-order valence-corrected chi connectivity index (χ0v) is 15.4. The molecular weight excluding hydrogens is 404 g/mol. The van der Waals surface area contributed by atoms with Crippen LogP contribution in [0, 0.1) is 23.3 Å². The van der Waals surface area contributed by atoms with E-state index in [-0.39, 0.29) is 11.6 Å². The molecule has 30 heavy (non-hydrogen) atoms. The van der Waals surface area contributed by atoms with Crippen LogP contribution in [0.5, 0.6) is 5.75 Å². The van der Waals surface area contributed by atoms with Gasteiger partial charge in [-0.15, -0.1) is 0 Å². The van der Waals surface area contributed by atoms with Crippen molar-refractivity contribution in [2.24, 2.45) is 0 Å². The van der Waals surface area contributed by atoms with Crippen LogP contribution >= 0.6 is 0 Å². The molecule has 0 unspecified atom stereocenters. The van der Waals surface area contributed by atoms with Crippen molar-refractivity contribution in [1.29, 1.82) is 0 Å². The molecule has 0 saturated heterocycles. The van der Waals surface area contributed by atoms with Crippen LogP contribution in [-0.2, 0) is 0 Å². The number of carbonyl (C=O) groups excluding carboxylic acids is 2. The van der Waals surface area contributed by atoms with E-state index < -0.39 is 40.5 Å². The third kappa shape index (κ3) is 4.09. The summed E-state index contributed by atoms with van der Waals surface area (Å²) in [5.74, 6) is -10.4. The first kappa shape index (κ1) is 20.8. The van der Waals surface area contributed by atoms with Gasteiger partial charge in [-0.3, -0.25) is 9.59 Å². The minimum atomic E-state index is -1.88. The van der Waals surface area contributed by atoms with E-state index in [9.17, 15) is 27.2 Å². The summed E-state index contributed by atoms with van der Waals surface area (Å²) in [6.07, 6.45) is 0. The zero-order chi connectivity index (χ0) is 21.8. The number of amides is 2. The van der Waals surface area contributed by atoms with Crippen LogP contribution in [-0.4, -0.2) is 18.9 Å². The predicted octanol–water partition coefficient (Wildman–Crippen LogP) is 4.76. The molecule has 9 heteroatoms. The fourth-order valence-electron chi connectivity index (χ4n) is 2.61. The maximum atomic E-state index is 14.0. The standard InChI is InChI=1S/C21H14F4N2O3/c1-30-19-17(24)15(22)14(16(23)18(19)25)21(29)27-13-9-7-12(8-10-13)26-20(28)11-5-3-2-4-6-11/h2-10H,1H3,(H,26,28)(H,27,29). The van der Waals surface area contributed by atoms with Crippen molar-refractivity contribution < 1.29 is 31.9 Å². The summed E-state index contributed by atoms with van der Waals surface area (Å²) in [5.41, 5.74) is -0.523. The monoisotopic (exact) mass is 418 g/mol. The Bertz CT molecular complexity index is 1070. The molecule has 3 rings (SSSR count). The number of ether oxygens (including phenoxy) is 1.